The Hall–Kier alpha value is -1.55. The van der Waals surface area contributed by atoms with Crippen LogP contribution in [0, 0.1) is 12.3 Å². The highest BCUT2D eigenvalue weighted by Gasteiger charge is 2.49. The number of amides is 1. The Morgan fingerprint density at radius 3 is 2.72 bits per heavy atom. The number of carbonyl (C=O) groups excluding carboxylic acids is 1. The highest BCUT2D eigenvalue weighted by atomic mass is 16.5. The first-order chi connectivity index (χ1) is 8.61. The lowest BCUT2D eigenvalue weighted by Gasteiger charge is -2.16. The molecule has 2 rings (SSSR count). The first kappa shape index (κ1) is 12.9. The van der Waals surface area contributed by atoms with E-state index in [9.17, 15) is 4.79 Å². The van der Waals surface area contributed by atoms with Gasteiger partial charge in [0.25, 0.3) is 0 Å². The van der Waals surface area contributed by atoms with Crippen LogP contribution in [-0.4, -0.2) is 26.6 Å². The van der Waals surface area contributed by atoms with Crippen molar-refractivity contribution in [2.75, 3.05) is 26.0 Å². The fourth-order valence-electron chi connectivity index (χ4n) is 2.15. The number of aryl methyl sites for hydroxylation is 1. The van der Waals surface area contributed by atoms with E-state index in [1.54, 1.807) is 7.11 Å². The van der Waals surface area contributed by atoms with Crippen molar-refractivity contribution in [3.63, 3.8) is 0 Å². The third-order valence-corrected chi connectivity index (χ3v) is 3.45. The van der Waals surface area contributed by atoms with Gasteiger partial charge in [-0.2, -0.15) is 0 Å². The minimum absolute atomic E-state index is 0.0840. The number of nitrogens with one attached hydrogen (secondary N) is 2. The summed E-state index contributed by atoms with van der Waals surface area (Å²) in [4.78, 5) is 12.3. The number of methoxy groups -OCH3 is 1. The second kappa shape index (κ2) is 4.98. The van der Waals surface area contributed by atoms with E-state index in [1.807, 2.05) is 32.2 Å². The molecule has 0 unspecified atom stereocenters. The van der Waals surface area contributed by atoms with E-state index >= 15 is 0 Å². The number of hydrogen-bond acceptors (Lipinski definition) is 3. The van der Waals surface area contributed by atoms with E-state index in [-0.39, 0.29) is 11.3 Å². The van der Waals surface area contributed by atoms with Crippen LogP contribution in [-0.2, 0) is 4.79 Å². The van der Waals surface area contributed by atoms with Crippen LogP contribution in [0.25, 0.3) is 0 Å². The zero-order valence-electron chi connectivity index (χ0n) is 11.2. The molecule has 0 atom stereocenters. The molecule has 18 heavy (non-hydrogen) atoms. The second-order valence-corrected chi connectivity index (χ2v) is 4.97. The first-order valence-corrected chi connectivity index (χ1v) is 6.22. The molecular formula is C14H20N2O2. The molecule has 4 heteroatoms. The molecule has 0 bridgehead atoms. The quantitative estimate of drug-likeness (QED) is 0.837. The van der Waals surface area contributed by atoms with Gasteiger partial charge in [-0.05, 0) is 44.5 Å². The molecule has 0 aliphatic heterocycles. The predicted molar refractivity (Wildman–Crippen MR) is 72.0 cm³/mol. The summed E-state index contributed by atoms with van der Waals surface area (Å²) >= 11 is 0. The van der Waals surface area contributed by atoms with Crippen molar-refractivity contribution in [1.82, 2.24) is 5.32 Å². The predicted octanol–water partition coefficient (Wildman–Crippen LogP) is 1.94. The van der Waals surface area contributed by atoms with Crippen LogP contribution in [0.3, 0.4) is 0 Å². The lowest BCUT2D eigenvalue weighted by atomic mass is 10.1. The molecule has 0 spiro atoms. The molecule has 1 aromatic rings. The van der Waals surface area contributed by atoms with Gasteiger partial charge in [0.2, 0.25) is 5.91 Å². The summed E-state index contributed by atoms with van der Waals surface area (Å²) in [6.07, 6.45) is 1.90. The third kappa shape index (κ3) is 2.48. The Kier molecular flexibility index (Phi) is 3.57. The van der Waals surface area contributed by atoms with Gasteiger partial charge < -0.3 is 15.4 Å². The summed E-state index contributed by atoms with van der Waals surface area (Å²) in [5, 5.41) is 6.07. The monoisotopic (exact) mass is 248 g/mol. The molecule has 1 saturated carbocycles. The van der Waals surface area contributed by atoms with Crippen LogP contribution in [0.1, 0.15) is 18.4 Å². The molecular weight excluding hydrogens is 228 g/mol. The van der Waals surface area contributed by atoms with E-state index in [0.717, 1.165) is 30.6 Å². The summed E-state index contributed by atoms with van der Waals surface area (Å²) in [6.45, 7) is 2.72. The SMILES string of the molecule is CNCC1(C(=O)Nc2cc(C)ccc2OC)CC1. The molecule has 0 heterocycles. The van der Waals surface area contributed by atoms with Gasteiger partial charge in [0.05, 0.1) is 18.2 Å². The van der Waals surface area contributed by atoms with Gasteiger partial charge in [-0.1, -0.05) is 6.07 Å². The van der Waals surface area contributed by atoms with Crippen molar-refractivity contribution >= 4 is 11.6 Å². The van der Waals surface area contributed by atoms with Crippen LogP contribution in [0.4, 0.5) is 5.69 Å². The van der Waals surface area contributed by atoms with E-state index < -0.39 is 0 Å². The number of rotatable bonds is 5. The van der Waals surface area contributed by atoms with Crippen molar-refractivity contribution in [2.45, 2.75) is 19.8 Å². The summed E-state index contributed by atoms with van der Waals surface area (Å²) in [6, 6.07) is 5.78. The highest BCUT2D eigenvalue weighted by molar-refractivity contribution is 5.98. The third-order valence-electron chi connectivity index (χ3n) is 3.45. The Morgan fingerprint density at radius 1 is 1.44 bits per heavy atom. The second-order valence-electron chi connectivity index (χ2n) is 4.97. The van der Waals surface area contributed by atoms with Gasteiger partial charge in [-0.3, -0.25) is 4.79 Å². The average Bonchev–Trinajstić information content (AvgIpc) is 3.11. The van der Waals surface area contributed by atoms with Crippen LogP contribution in [0.5, 0.6) is 5.75 Å². The van der Waals surface area contributed by atoms with Crippen molar-refractivity contribution in [1.29, 1.82) is 0 Å². The minimum Gasteiger partial charge on any atom is -0.495 e. The van der Waals surface area contributed by atoms with Crippen molar-refractivity contribution in [3.8, 4) is 5.75 Å². The normalized spacial score (nSPS) is 16.2. The Morgan fingerprint density at radius 2 is 2.17 bits per heavy atom. The molecule has 1 aliphatic carbocycles. The van der Waals surface area contributed by atoms with E-state index in [0.29, 0.717) is 5.75 Å². The summed E-state index contributed by atoms with van der Waals surface area (Å²) in [5.74, 6) is 0.787. The molecule has 1 aliphatic rings. The first-order valence-electron chi connectivity index (χ1n) is 6.22. The molecule has 0 radical (unpaired) electrons. The van der Waals surface area contributed by atoms with Gasteiger partial charge >= 0.3 is 0 Å². The fraction of sp³-hybridized carbons (Fsp3) is 0.500. The van der Waals surface area contributed by atoms with E-state index in [1.165, 1.54) is 0 Å². The summed E-state index contributed by atoms with van der Waals surface area (Å²) < 4.78 is 5.26. The van der Waals surface area contributed by atoms with Gasteiger partial charge in [0, 0.05) is 6.54 Å². The van der Waals surface area contributed by atoms with Gasteiger partial charge in [-0.15, -0.1) is 0 Å². The topological polar surface area (TPSA) is 50.4 Å². The zero-order valence-corrected chi connectivity index (χ0v) is 11.2. The number of ether oxygens (including phenoxy) is 1. The molecule has 4 nitrogen and oxygen atoms in total. The maximum Gasteiger partial charge on any atom is 0.231 e. The summed E-state index contributed by atoms with van der Waals surface area (Å²) in [5.41, 5.74) is 1.64. The standard InChI is InChI=1S/C14H20N2O2/c1-10-4-5-12(18-3)11(8-10)16-13(17)14(6-7-14)9-15-2/h4-5,8,15H,6-7,9H2,1-3H3,(H,16,17). The van der Waals surface area contributed by atoms with Gasteiger partial charge in [0.15, 0.2) is 0 Å². The molecule has 1 fully saturated rings. The van der Waals surface area contributed by atoms with Crippen LogP contribution < -0.4 is 15.4 Å². The Labute approximate surface area is 108 Å². The van der Waals surface area contributed by atoms with E-state index in [4.69, 9.17) is 4.74 Å². The average molecular weight is 248 g/mol. The molecule has 2 N–H and O–H groups in total. The summed E-state index contributed by atoms with van der Waals surface area (Å²) in [7, 11) is 3.49. The zero-order chi connectivity index (χ0) is 13.2. The highest BCUT2D eigenvalue weighted by Crippen LogP contribution is 2.46. The Balaban J connectivity index is 2.14. The van der Waals surface area contributed by atoms with Crippen molar-refractivity contribution < 1.29 is 9.53 Å². The van der Waals surface area contributed by atoms with Gasteiger partial charge in [-0.25, -0.2) is 0 Å². The fourth-order valence-corrected chi connectivity index (χ4v) is 2.15. The molecule has 1 aromatic carbocycles. The maximum absolute atomic E-state index is 12.3. The van der Waals surface area contributed by atoms with Crippen molar-refractivity contribution in [3.05, 3.63) is 23.8 Å². The number of benzene rings is 1. The number of anilines is 1. The molecule has 1 amide bonds. The largest absolute Gasteiger partial charge is 0.495 e. The molecule has 98 valence electrons. The minimum atomic E-state index is -0.219. The van der Waals surface area contributed by atoms with Crippen LogP contribution in [0.2, 0.25) is 0 Å². The number of hydrogen-bond donors (Lipinski definition) is 2. The molecule has 0 aromatic heterocycles. The lowest BCUT2D eigenvalue weighted by molar-refractivity contribution is -0.121. The number of carbonyl (C=O) groups is 1. The molecule has 0 saturated heterocycles. The Bertz CT molecular complexity index is 453. The van der Waals surface area contributed by atoms with E-state index in [2.05, 4.69) is 10.6 Å². The van der Waals surface area contributed by atoms with Crippen molar-refractivity contribution in [2.24, 2.45) is 5.41 Å². The van der Waals surface area contributed by atoms with Gasteiger partial charge in [0.1, 0.15) is 5.75 Å². The maximum atomic E-state index is 12.3. The van der Waals surface area contributed by atoms with Crippen LogP contribution >= 0.6 is 0 Å². The lowest BCUT2D eigenvalue weighted by Crippen LogP contribution is -2.32. The van der Waals surface area contributed by atoms with Crippen LogP contribution in [0.15, 0.2) is 18.2 Å². The smallest absolute Gasteiger partial charge is 0.231 e.